The van der Waals surface area contributed by atoms with Crippen LogP contribution in [0.2, 0.25) is 0 Å². The maximum Gasteiger partial charge on any atom is 0.227 e. The summed E-state index contributed by atoms with van der Waals surface area (Å²) in [5, 5.41) is 0. The number of hydrogen-bond acceptors (Lipinski definition) is 2. The Morgan fingerprint density at radius 1 is 1.10 bits per heavy atom. The molecule has 0 aliphatic heterocycles. The number of amides is 1. The molecule has 0 saturated heterocycles. The van der Waals surface area contributed by atoms with Crippen LogP contribution in [0.3, 0.4) is 0 Å². The Hall–Kier alpha value is -2.13. The number of likely N-dealkylation sites (N-methyl/N-ethyl adjacent to an activating group) is 1. The minimum atomic E-state index is 0.118. The Balaban J connectivity index is 2.02. The lowest BCUT2D eigenvalue weighted by molar-refractivity contribution is -0.129. The molecule has 2 N–H and O–H groups in total. The fraction of sp³-hybridized carbons (Fsp3) is 0.278. The van der Waals surface area contributed by atoms with Gasteiger partial charge in [-0.1, -0.05) is 54.1 Å². The van der Waals surface area contributed by atoms with Crippen molar-refractivity contribution in [3.05, 3.63) is 70.8 Å². The molecule has 0 spiro atoms. The number of rotatable bonds is 5. The van der Waals surface area contributed by atoms with Gasteiger partial charge in [-0.2, -0.15) is 0 Å². The Morgan fingerprint density at radius 3 is 2.48 bits per heavy atom. The van der Waals surface area contributed by atoms with E-state index in [2.05, 4.69) is 6.07 Å². The number of nitrogens with two attached hydrogens (primary N) is 1. The van der Waals surface area contributed by atoms with Gasteiger partial charge in [0.15, 0.2) is 0 Å². The molecule has 1 amide bonds. The number of carbonyl (C=O) groups excluding carboxylic acids is 1. The summed E-state index contributed by atoms with van der Waals surface area (Å²) in [4.78, 5) is 14.1. The molecule has 0 unspecified atom stereocenters. The molecular weight excluding hydrogens is 260 g/mol. The third-order valence-electron chi connectivity index (χ3n) is 3.61. The molecule has 0 aliphatic rings. The van der Waals surface area contributed by atoms with Crippen LogP contribution < -0.4 is 5.73 Å². The van der Waals surface area contributed by atoms with E-state index in [1.807, 2.05) is 56.4 Å². The van der Waals surface area contributed by atoms with Gasteiger partial charge in [0.1, 0.15) is 0 Å². The van der Waals surface area contributed by atoms with Crippen LogP contribution in [0.4, 0.5) is 0 Å². The van der Waals surface area contributed by atoms with E-state index in [9.17, 15) is 4.79 Å². The monoisotopic (exact) mass is 282 g/mol. The van der Waals surface area contributed by atoms with Crippen molar-refractivity contribution in [2.75, 3.05) is 7.05 Å². The second-order valence-corrected chi connectivity index (χ2v) is 5.39. The minimum Gasteiger partial charge on any atom is -0.341 e. The van der Waals surface area contributed by atoms with Crippen LogP contribution >= 0.6 is 0 Å². The van der Waals surface area contributed by atoms with Gasteiger partial charge in [-0.15, -0.1) is 0 Å². The van der Waals surface area contributed by atoms with E-state index in [1.165, 1.54) is 5.56 Å². The predicted octanol–water partition coefficient (Wildman–Crippen LogP) is 2.65. The summed E-state index contributed by atoms with van der Waals surface area (Å²) in [5.74, 6) is 0.118. The van der Waals surface area contributed by atoms with Crippen LogP contribution in [0.1, 0.15) is 22.3 Å². The van der Waals surface area contributed by atoms with E-state index in [0.717, 1.165) is 16.7 Å². The largest absolute Gasteiger partial charge is 0.341 e. The summed E-state index contributed by atoms with van der Waals surface area (Å²) in [6.45, 7) is 3.13. The van der Waals surface area contributed by atoms with E-state index in [1.54, 1.807) is 4.90 Å². The van der Waals surface area contributed by atoms with Crippen molar-refractivity contribution in [3.8, 4) is 0 Å². The lowest BCUT2D eigenvalue weighted by atomic mass is 10.1. The molecule has 3 heteroatoms. The van der Waals surface area contributed by atoms with Gasteiger partial charge in [-0.25, -0.2) is 0 Å². The second kappa shape index (κ2) is 7.04. The van der Waals surface area contributed by atoms with Crippen LogP contribution in [0.15, 0.2) is 48.5 Å². The fourth-order valence-electron chi connectivity index (χ4n) is 2.39. The summed E-state index contributed by atoms with van der Waals surface area (Å²) in [5.41, 5.74) is 10.2. The molecule has 3 nitrogen and oxygen atoms in total. The van der Waals surface area contributed by atoms with Crippen LogP contribution in [0, 0.1) is 6.92 Å². The predicted molar refractivity (Wildman–Crippen MR) is 85.7 cm³/mol. The smallest absolute Gasteiger partial charge is 0.227 e. The van der Waals surface area contributed by atoms with Gasteiger partial charge in [0, 0.05) is 20.1 Å². The van der Waals surface area contributed by atoms with E-state index >= 15 is 0 Å². The number of hydrogen-bond donors (Lipinski definition) is 1. The Morgan fingerprint density at radius 2 is 1.81 bits per heavy atom. The van der Waals surface area contributed by atoms with Crippen molar-refractivity contribution in [3.63, 3.8) is 0 Å². The van der Waals surface area contributed by atoms with Crippen molar-refractivity contribution in [1.82, 2.24) is 4.90 Å². The van der Waals surface area contributed by atoms with Gasteiger partial charge < -0.3 is 10.6 Å². The zero-order valence-electron chi connectivity index (χ0n) is 12.7. The fourth-order valence-corrected chi connectivity index (χ4v) is 2.39. The van der Waals surface area contributed by atoms with Crippen molar-refractivity contribution in [2.24, 2.45) is 5.73 Å². The molecule has 0 aromatic heterocycles. The standard InChI is InChI=1S/C18H22N2O/c1-14-6-5-7-15(10-14)11-18(21)20(2)13-17-9-4-3-8-16(17)12-19/h3-10H,11-13,19H2,1-2H3. The zero-order chi connectivity index (χ0) is 15.2. The highest BCUT2D eigenvalue weighted by Crippen LogP contribution is 2.12. The zero-order valence-corrected chi connectivity index (χ0v) is 12.7. The topological polar surface area (TPSA) is 46.3 Å². The number of benzene rings is 2. The molecule has 0 fully saturated rings. The molecule has 0 heterocycles. The highest BCUT2D eigenvalue weighted by atomic mass is 16.2. The summed E-state index contributed by atoms with van der Waals surface area (Å²) in [7, 11) is 1.84. The van der Waals surface area contributed by atoms with Crippen molar-refractivity contribution in [1.29, 1.82) is 0 Å². The van der Waals surface area contributed by atoms with Crippen LogP contribution in [0.5, 0.6) is 0 Å². The molecule has 2 aromatic rings. The van der Waals surface area contributed by atoms with Crippen molar-refractivity contribution >= 4 is 5.91 Å². The normalized spacial score (nSPS) is 10.4. The number of aryl methyl sites for hydroxylation is 1. The van der Waals surface area contributed by atoms with Gasteiger partial charge in [-0.3, -0.25) is 4.79 Å². The average molecular weight is 282 g/mol. The molecule has 0 atom stereocenters. The lowest BCUT2D eigenvalue weighted by Gasteiger charge is -2.19. The number of carbonyl (C=O) groups is 1. The van der Waals surface area contributed by atoms with Crippen LogP contribution in [0.25, 0.3) is 0 Å². The SMILES string of the molecule is Cc1cccc(CC(=O)N(C)Cc2ccccc2CN)c1. The third-order valence-corrected chi connectivity index (χ3v) is 3.61. The first-order valence-electron chi connectivity index (χ1n) is 7.16. The summed E-state index contributed by atoms with van der Waals surface area (Å²) >= 11 is 0. The molecule has 0 saturated carbocycles. The molecule has 0 radical (unpaired) electrons. The Labute approximate surface area is 126 Å². The minimum absolute atomic E-state index is 0.118. The molecule has 2 rings (SSSR count). The maximum absolute atomic E-state index is 12.3. The van der Waals surface area contributed by atoms with Gasteiger partial charge in [0.25, 0.3) is 0 Å². The second-order valence-electron chi connectivity index (χ2n) is 5.39. The van der Waals surface area contributed by atoms with E-state index in [4.69, 9.17) is 5.73 Å². The molecular formula is C18H22N2O. The molecule has 0 bridgehead atoms. The Kier molecular flexibility index (Phi) is 5.12. The number of nitrogens with zero attached hydrogens (tertiary/aromatic N) is 1. The van der Waals surface area contributed by atoms with E-state index < -0.39 is 0 Å². The van der Waals surface area contributed by atoms with E-state index in [0.29, 0.717) is 19.5 Å². The van der Waals surface area contributed by atoms with Crippen LogP contribution in [-0.4, -0.2) is 17.9 Å². The summed E-state index contributed by atoms with van der Waals surface area (Å²) in [6.07, 6.45) is 0.434. The first-order chi connectivity index (χ1) is 10.1. The van der Waals surface area contributed by atoms with Gasteiger partial charge in [0.05, 0.1) is 6.42 Å². The lowest BCUT2D eigenvalue weighted by Crippen LogP contribution is -2.28. The first kappa shape index (κ1) is 15.3. The Bertz CT molecular complexity index is 622. The molecule has 0 aliphatic carbocycles. The van der Waals surface area contributed by atoms with Gasteiger partial charge in [0.2, 0.25) is 5.91 Å². The third kappa shape index (κ3) is 4.17. The highest BCUT2D eigenvalue weighted by molar-refractivity contribution is 5.78. The molecule has 110 valence electrons. The van der Waals surface area contributed by atoms with Gasteiger partial charge >= 0.3 is 0 Å². The first-order valence-corrected chi connectivity index (χ1v) is 7.16. The maximum atomic E-state index is 12.3. The van der Waals surface area contributed by atoms with E-state index in [-0.39, 0.29) is 5.91 Å². The quantitative estimate of drug-likeness (QED) is 0.916. The average Bonchev–Trinajstić information content (AvgIpc) is 2.47. The summed E-state index contributed by atoms with van der Waals surface area (Å²) in [6, 6.07) is 16.1. The van der Waals surface area contributed by atoms with Crippen LogP contribution in [-0.2, 0) is 24.3 Å². The molecule has 2 aromatic carbocycles. The summed E-state index contributed by atoms with van der Waals surface area (Å²) < 4.78 is 0. The van der Waals surface area contributed by atoms with Crippen molar-refractivity contribution < 1.29 is 4.79 Å². The van der Waals surface area contributed by atoms with Crippen molar-refractivity contribution in [2.45, 2.75) is 26.4 Å². The highest BCUT2D eigenvalue weighted by Gasteiger charge is 2.11. The molecule has 21 heavy (non-hydrogen) atoms. The van der Waals surface area contributed by atoms with Gasteiger partial charge in [-0.05, 0) is 23.6 Å².